The Balaban J connectivity index is 2.41. The van der Waals surface area contributed by atoms with E-state index in [2.05, 4.69) is 18.7 Å². The Kier molecular flexibility index (Phi) is 4.02. The predicted molar refractivity (Wildman–Crippen MR) is 51.1 cm³/mol. The fourth-order valence-corrected chi connectivity index (χ4v) is 2.29. The first-order valence-corrected chi connectivity index (χ1v) is 5.14. The number of likely N-dealkylation sites (tertiary alicyclic amines) is 1. The highest BCUT2D eigenvalue weighted by atomic mass is 16.3. The second-order valence-corrected chi connectivity index (χ2v) is 3.81. The van der Waals surface area contributed by atoms with Gasteiger partial charge in [-0.1, -0.05) is 13.3 Å². The predicted octanol–water partition coefficient (Wildman–Crippen LogP) is 1.49. The summed E-state index contributed by atoms with van der Waals surface area (Å²) in [5.41, 5.74) is 0. The van der Waals surface area contributed by atoms with Crippen molar-refractivity contribution in [1.29, 1.82) is 0 Å². The zero-order valence-electron chi connectivity index (χ0n) is 8.29. The van der Waals surface area contributed by atoms with Crippen molar-refractivity contribution in [3.63, 3.8) is 0 Å². The lowest BCUT2D eigenvalue weighted by atomic mass is 9.88. The third kappa shape index (κ3) is 2.20. The molecule has 0 amide bonds. The number of hydrogen-bond acceptors (Lipinski definition) is 2. The first kappa shape index (κ1) is 10.0. The number of hydrogen-bond donors (Lipinski definition) is 1. The van der Waals surface area contributed by atoms with Crippen molar-refractivity contribution in [2.24, 2.45) is 5.92 Å². The molecule has 0 bridgehead atoms. The Morgan fingerprint density at radius 3 is 2.83 bits per heavy atom. The molecule has 0 saturated carbocycles. The Bertz CT molecular complexity index is 125. The summed E-state index contributed by atoms with van der Waals surface area (Å²) >= 11 is 0. The van der Waals surface area contributed by atoms with Crippen LogP contribution in [0.15, 0.2) is 0 Å². The lowest BCUT2D eigenvalue weighted by Crippen LogP contribution is -2.44. The van der Waals surface area contributed by atoms with Gasteiger partial charge in [0.1, 0.15) is 0 Å². The molecule has 2 atom stereocenters. The van der Waals surface area contributed by atoms with Gasteiger partial charge in [-0.2, -0.15) is 0 Å². The van der Waals surface area contributed by atoms with E-state index < -0.39 is 0 Å². The Hall–Kier alpha value is -0.0800. The average molecular weight is 171 g/mol. The van der Waals surface area contributed by atoms with Gasteiger partial charge in [-0.25, -0.2) is 0 Å². The molecule has 1 heterocycles. The molecule has 0 aromatic rings. The molecule has 2 nitrogen and oxygen atoms in total. The molecule has 1 fully saturated rings. The summed E-state index contributed by atoms with van der Waals surface area (Å²) in [6.45, 7) is 6.91. The van der Waals surface area contributed by atoms with E-state index in [0.717, 1.165) is 12.5 Å². The van der Waals surface area contributed by atoms with Gasteiger partial charge in [-0.15, -0.1) is 0 Å². The Morgan fingerprint density at radius 2 is 2.25 bits per heavy atom. The van der Waals surface area contributed by atoms with Crippen LogP contribution >= 0.6 is 0 Å². The number of rotatable bonds is 3. The molecule has 12 heavy (non-hydrogen) atoms. The van der Waals surface area contributed by atoms with Crippen molar-refractivity contribution in [3.8, 4) is 0 Å². The maximum absolute atomic E-state index is 8.85. The van der Waals surface area contributed by atoms with Gasteiger partial charge in [0.05, 0.1) is 6.61 Å². The molecule has 1 saturated heterocycles. The van der Waals surface area contributed by atoms with Crippen LogP contribution in [0.5, 0.6) is 0 Å². The number of nitrogens with zero attached hydrogens (tertiary/aromatic N) is 1. The molecule has 1 aliphatic heterocycles. The van der Waals surface area contributed by atoms with Crippen molar-refractivity contribution >= 4 is 0 Å². The van der Waals surface area contributed by atoms with Crippen LogP contribution in [0.2, 0.25) is 0 Å². The minimum Gasteiger partial charge on any atom is -0.395 e. The Labute approximate surface area is 75.6 Å². The molecule has 0 aromatic heterocycles. The smallest absolute Gasteiger partial charge is 0.0558 e. The lowest BCUT2D eigenvalue weighted by molar-refractivity contribution is 0.0822. The van der Waals surface area contributed by atoms with Gasteiger partial charge >= 0.3 is 0 Å². The molecular formula is C10H21NO. The van der Waals surface area contributed by atoms with Crippen LogP contribution in [0.25, 0.3) is 0 Å². The van der Waals surface area contributed by atoms with Crippen LogP contribution in [-0.2, 0) is 0 Å². The van der Waals surface area contributed by atoms with Crippen LogP contribution < -0.4 is 0 Å². The van der Waals surface area contributed by atoms with Gasteiger partial charge in [0.15, 0.2) is 0 Å². The number of aliphatic hydroxyl groups is 1. The van der Waals surface area contributed by atoms with Crippen LogP contribution in [0.3, 0.4) is 0 Å². The van der Waals surface area contributed by atoms with Crippen LogP contribution in [0, 0.1) is 5.92 Å². The third-order valence-electron chi connectivity index (χ3n) is 3.19. The molecule has 2 heteroatoms. The molecule has 0 aromatic carbocycles. The molecule has 72 valence electrons. The second-order valence-electron chi connectivity index (χ2n) is 3.81. The summed E-state index contributed by atoms with van der Waals surface area (Å²) in [5, 5.41) is 8.85. The third-order valence-corrected chi connectivity index (χ3v) is 3.19. The maximum atomic E-state index is 8.85. The summed E-state index contributed by atoms with van der Waals surface area (Å²) in [4.78, 5) is 2.41. The molecule has 1 rings (SSSR count). The summed E-state index contributed by atoms with van der Waals surface area (Å²) < 4.78 is 0. The highest BCUT2D eigenvalue weighted by Crippen LogP contribution is 2.25. The fraction of sp³-hybridized carbons (Fsp3) is 1.00. The van der Waals surface area contributed by atoms with E-state index in [9.17, 15) is 0 Å². The van der Waals surface area contributed by atoms with Gasteiger partial charge in [0.2, 0.25) is 0 Å². The van der Waals surface area contributed by atoms with Gasteiger partial charge in [0.25, 0.3) is 0 Å². The van der Waals surface area contributed by atoms with Crippen molar-refractivity contribution in [3.05, 3.63) is 0 Å². The van der Waals surface area contributed by atoms with Crippen molar-refractivity contribution in [2.45, 2.75) is 39.2 Å². The summed E-state index contributed by atoms with van der Waals surface area (Å²) in [6, 6.07) is 0.677. The molecular weight excluding hydrogens is 150 g/mol. The largest absolute Gasteiger partial charge is 0.395 e. The molecule has 0 unspecified atom stereocenters. The molecule has 0 aliphatic carbocycles. The molecule has 0 radical (unpaired) electrons. The van der Waals surface area contributed by atoms with E-state index >= 15 is 0 Å². The van der Waals surface area contributed by atoms with Crippen molar-refractivity contribution in [1.82, 2.24) is 4.90 Å². The maximum Gasteiger partial charge on any atom is 0.0558 e. The molecule has 1 aliphatic rings. The number of β-amino-alcohol motifs (C(OH)–C–C–N with tert-alkyl or cyclic N) is 1. The van der Waals surface area contributed by atoms with Crippen LogP contribution in [0.4, 0.5) is 0 Å². The summed E-state index contributed by atoms with van der Waals surface area (Å²) in [5.74, 6) is 0.852. The summed E-state index contributed by atoms with van der Waals surface area (Å²) in [7, 11) is 0. The standard InChI is InChI=1S/C10H21NO/c1-3-10-5-4-6-11(7-8-12)9(10)2/h9-10,12H,3-8H2,1-2H3/t9-,10-/m1/s1. The van der Waals surface area contributed by atoms with Gasteiger partial charge in [0, 0.05) is 12.6 Å². The van der Waals surface area contributed by atoms with E-state index in [0.29, 0.717) is 12.6 Å². The quantitative estimate of drug-likeness (QED) is 0.695. The van der Waals surface area contributed by atoms with Crippen molar-refractivity contribution in [2.75, 3.05) is 19.7 Å². The highest BCUT2D eigenvalue weighted by Gasteiger charge is 2.25. The van der Waals surface area contributed by atoms with E-state index in [-0.39, 0.29) is 0 Å². The zero-order valence-corrected chi connectivity index (χ0v) is 8.29. The normalized spacial score (nSPS) is 32.2. The van der Waals surface area contributed by atoms with E-state index in [1.54, 1.807) is 0 Å². The van der Waals surface area contributed by atoms with Gasteiger partial charge in [-0.05, 0) is 32.2 Å². The zero-order chi connectivity index (χ0) is 8.97. The molecule has 0 spiro atoms. The average Bonchev–Trinajstić information content (AvgIpc) is 2.09. The van der Waals surface area contributed by atoms with Gasteiger partial charge in [-0.3, -0.25) is 4.90 Å². The lowest BCUT2D eigenvalue weighted by Gasteiger charge is -2.38. The van der Waals surface area contributed by atoms with Crippen molar-refractivity contribution < 1.29 is 5.11 Å². The second kappa shape index (κ2) is 4.83. The highest BCUT2D eigenvalue weighted by molar-refractivity contribution is 4.79. The van der Waals surface area contributed by atoms with E-state index in [4.69, 9.17) is 5.11 Å². The monoisotopic (exact) mass is 171 g/mol. The van der Waals surface area contributed by atoms with E-state index in [1.165, 1.54) is 25.8 Å². The number of piperidine rings is 1. The van der Waals surface area contributed by atoms with Crippen LogP contribution in [-0.4, -0.2) is 35.7 Å². The minimum atomic E-state index is 0.306. The SMILES string of the molecule is CC[C@@H]1CCCN(CCO)[C@@H]1C. The first-order valence-electron chi connectivity index (χ1n) is 5.14. The summed E-state index contributed by atoms with van der Waals surface area (Å²) in [6.07, 6.45) is 3.96. The number of aliphatic hydroxyl groups excluding tert-OH is 1. The molecule has 1 N–H and O–H groups in total. The minimum absolute atomic E-state index is 0.306. The Morgan fingerprint density at radius 1 is 1.50 bits per heavy atom. The van der Waals surface area contributed by atoms with Crippen LogP contribution in [0.1, 0.15) is 33.1 Å². The van der Waals surface area contributed by atoms with Gasteiger partial charge < -0.3 is 5.11 Å². The van der Waals surface area contributed by atoms with E-state index in [1.807, 2.05) is 0 Å². The first-order chi connectivity index (χ1) is 5.79. The topological polar surface area (TPSA) is 23.5 Å². The fourth-order valence-electron chi connectivity index (χ4n) is 2.29.